The summed E-state index contributed by atoms with van der Waals surface area (Å²) in [4.78, 5) is 16.4. The van der Waals surface area contributed by atoms with Crippen LogP contribution in [0.25, 0.3) is 0 Å². The van der Waals surface area contributed by atoms with Crippen LogP contribution in [0.5, 0.6) is 0 Å². The highest BCUT2D eigenvalue weighted by molar-refractivity contribution is 6.36. The van der Waals surface area contributed by atoms with Gasteiger partial charge in [0.2, 0.25) is 0 Å². The van der Waals surface area contributed by atoms with E-state index < -0.39 is 0 Å². The number of hydrogen-bond donors (Lipinski definition) is 0. The molecule has 1 amide bonds. The second kappa shape index (κ2) is 6.80. The maximum Gasteiger partial charge on any atom is 0.255 e. The second-order valence-corrected chi connectivity index (χ2v) is 5.67. The predicted molar refractivity (Wildman–Crippen MR) is 79.5 cm³/mol. The molecule has 0 radical (unpaired) electrons. The molecule has 6 heteroatoms. The molecule has 3 nitrogen and oxygen atoms in total. The third-order valence-corrected chi connectivity index (χ3v) is 3.94. The molecule has 0 aliphatic carbocycles. The number of carbonyl (C=O) groups excluding carboxylic acids is 1. The number of amides is 1. The lowest BCUT2D eigenvalue weighted by molar-refractivity contribution is 0.0644. The third-order valence-electron chi connectivity index (χ3n) is 3.22. The largest absolute Gasteiger partial charge is 0.336 e. The van der Waals surface area contributed by atoms with E-state index >= 15 is 0 Å². The Kier molecular flexibility index (Phi) is 5.34. The fourth-order valence-corrected chi connectivity index (χ4v) is 2.86. The summed E-state index contributed by atoms with van der Waals surface area (Å²) in [6.45, 7) is 3.97. The Balaban J connectivity index is 2.01. The molecule has 0 unspecified atom stereocenters. The van der Waals surface area contributed by atoms with Crippen molar-refractivity contribution in [1.82, 2.24) is 9.80 Å². The van der Waals surface area contributed by atoms with Gasteiger partial charge in [-0.1, -0.05) is 23.2 Å². The first kappa shape index (κ1) is 14.9. The van der Waals surface area contributed by atoms with Crippen LogP contribution in [0.15, 0.2) is 18.2 Å². The molecule has 0 spiro atoms. The van der Waals surface area contributed by atoms with Crippen molar-refractivity contribution in [3.05, 3.63) is 33.8 Å². The first-order valence-electron chi connectivity index (χ1n) is 6.14. The number of rotatable bonds is 3. The van der Waals surface area contributed by atoms with Crippen LogP contribution < -0.4 is 0 Å². The topological polar surface area (TPSA) is 23.6 Å². The van der Waals surface area contributed by atoms with Crippen molar-refractivity contribution in [2.45, 2.75) is 0 Å². The number of hydrogen-bond acceptors (Lipinski definition) is 2. The average Bonchev–Trinajstić information content (AvgIpc) is 2.39. The number of halogens is 3. The molecule has 1 aliphatic rings. The van der Waals surface area contributed by atoms with Crippen LogP contribution in [0, 0.1) is 0 Å². The minimum atomic E-state index is -0.0350. The van der Waals surface area contributed by atoms with Crippen molar-refractivity contribution in [3.63, 3.8) is 0 Å². The predicted octanol–water partition coefficient (Wildman–Crippen LogP) is 2.99. The van der Waals surface area contributed by atoms with E-state index in [9.17, 15) is 4.79 Å². The zero-order valence-electron chi connectivity index (χ0n) is 10.4. The molecule has 1 aromatic rings. The highest BCUT2D eigenvalue weighted by Gasteiger charge is 2.23. The molecular weight excluding hydrogens is 307 g/mol. The molecule has 0 aromatic heterocycles. The smallest absolute Gasteiger partial charge is 0.255 e. The van der Waals surface area contributed by atoms with Crippen LogP contribution in [0.3, 0.4) is 0 Å². The fourth-order valence-electron chi connectivity index (χ4n) is 2.13. The maximum atomic E-state index is 12.4. The number of benzene rings is 1. The van der Waals surface area contributed by atoms with Crippen LogP contribution in [-0.2, 0) is 0 Å². The van der Waals surface area contributed by atoms with E-state index in [0.717, 1.165) is 19.6 Å². The molecule has 1 aromatic carbocycles. The molecule has 1 aliphatic heterocycles. The van der Waals surface area contributed by atoms with E-state index in [1.54, 1.807) is 18.2 Å². The molecule has 0 saturated carbocycles. The summed E-state index contributed by atoms with van der Waals surface area (Å²) >= 11 is 17.6. The van der Waals surface area contributed by atoms with Gasteiger partial charge in [-0.3, -0.25) is 9.69 Å². The standard InChI is InChI=1S/C13H15Cl3N2O/c14-3-4-17-5-7-18(8-6-17)13(19)11-2-1-10(15)9-12(11)16/h1-2,9H,3-8H2. The Morgan fingerprint density at radius 1 is 1.16 bits per heavy atom. The van der Waals surface area contributed by atoms with Crippen molar-refractivity contribution in [3.8, 4) is 0 Å². The number of piperazine rings is 1. The number of carbonyl (C=O) groups is 1. The van der Waals surface area contributed by atoms with Crippen molar-refractivity contribution < 1.29 is 4.79 Å². The molecule has 104 valence electrons. The monoisotopic (exact) mass is 320 g/mol. The molecule has 19 heavy (non-hydrogen) atoms. The minimum Gasteiger partial charge on any atom is -0.336 e. The Morgan fingerprint density at radius 2 is 1.84 bits per heavy atom. The summed E-state index contributed by atoms with van der Waals surface area (Å²) in [6.07, 6.45) is 0. The van der Waals surface area contributed by atoms with Gasteiger partial charge >= 0.3 is 0 Å². The van der Waals surface area contributed by atoms with E-state index in [0.29, 0.717) is 34.6 Å². The van der Waals surface area contributed by atoms with Crippen molar-refractivity contribution in [1.29, 1.82) is 0 Å². The highest BCUT2D eigenvalue weighted by Crippen LogP contribution is 2.22. The molecule has 0 N–H and O–H groups in total. The van der Waals surface area contributed by atoms with Crippen molar-refractivity contribution in [2.75, 3.05) is 38.6 Å². The van der Waals surface area contributed by atoms with Gasteiger partial charge in [0.1, 0.15) is 0 Å². The lowest BCUT2D eigenvalue weighted by Crippen LogP contribution is -2.49. The zero-order chi connectivity index (χ0) is 13.8. The molecule has 0 bridgehead atoms. The van der Waals surface area contributed by atoms with Gasteiger partial charge in [0.05, 0.1) is 10.6 Å². The third kappa shape index (κ3) is 3.76. The number of nitrogens with zero attached hydrogens (tertiary/aromatic N) is 2. The fraction of sp³-hybridized carbons (Fsp3) is 0.462. The van der Waals surface area contributed by atoms with E-state index in [-0.39, 0.29) is 5.91 Å². The van der Waals surface area contributed by atoms with Gasteiger partial charge in [0.15, 0.2) is 0 Å². The Labute approximate surface area is 128 Å². The summed E-state index contributed by atoms with van der Waals surface area (Å²) in [7, 11) is 0. The molecule has 1 fully saturated rings. The van der Waals surface area contributed by atoms with Gasteiger partial charge in [0, 0.05) is 43.6 Å². The van der Waals surface area contributed by atoms with Crippen LogP contribution in [0.1, 0.15) is 10.4 Å². The summed E-state index contributed by atoms with van der Waals surface area (Å²) in [5.74, 6) is 0.587. The van der Waals surface area contributed by atoms with Crippen molar-refractivity contribution >= 4 is 40.7 Å². The van der Waals surface area contributed by atoms with Crippen molar-refractivity contribution in [2.24, 2.45) is 0 Å². The van der Waals surface area contributed by atoms with E-state index in [1.165, 1.54) is 0 Å². The van der Waals surface area contributed by atoms with Crippen LogP contribution in [0.4, 0.5) is 0 Å². The summed E-state index contributed by atoms with van der Waals surface area (Å²) in [5, 5.41) is 0.939. The van der Waals surface area contributed by atoms with Gasteiger partial charge in [-0.25, -0.2) is 0 Å². The van der Waals surface area contributed by atoms with Gasteiger partial charge in [-0.05, 0) is 18.2 Å². The number of alkyl halides is 1. The second-order valence-electron chi connectivity index (χ2n) is 4.45. The first-order valence-corrected chi connectivity index (χ1v) is 7.43. The molecule has 1 saturated heterocycles. The van der Waals surface area contributed by atoms with Crippen LogP contribution in [0.2, 0.25) is 10.0 Å². The average molecular weight is 322 g/mol. The lowest BCUT2D eigenvalue weighted by atomic mass is 10.2. The Hall–Kier alpha value is -0.480. The lowest BCUT2D eigenvalue weighted by Gasteiger charge is -2.34. The minimum absolute atomic E-state index is 0.0350. The quantitative estimate of drug-likeness (QED) is 0.799. The first-order chi connectivity index (χ1) is 9.11. The van der Waals surface area contributed by atoms with Gasteiger partial charge in [0.25, 0.3) is 5.91 Å². The molecule has 1 heterocycles. The highest BCUT2D eigenvalue weighted by atomic mass is 35.5. The Morgan fingerprint density at radius 3 is 2.42 bits per heavy atom. The molecular formula is C13H15Cl3N2O. The maximum absolute atomic E-state index is 12.4. The van der Waals surface area contributed by atoms with E-state index in [4.69, 9.17) is 34.8 Å². The summed E-state index contributed by atoms with van der Waals surface area (Å²) in [6, 6.07) is 4.96. The Bertz CT molecular complexity index is 459. The SMILES string of the molecule is O=C(c1ccc(Cl)cc1Cl)N1CCN(CCCl)CC1. The molecule has 2 rings (SSSR count). The summed E-state index contributed by atoms with van der Waals surface area (Å²) in [5.41, 5.74) is 0.511. The summed E-state index contributed by atoms with van der Waals surface area (Å²) < 4.78 is 0. The van der Waals surface area contributed by atoms with Crippen LogP contribution in [-0.4, -0.2) is 54.3 Å². The normalized spacial score (nSPS) is 16.7. The van der Waals surface area contributed by atoms with E-state index in [1.807, 2.05) is 4.90 Å². The van der Waals surface area contributed by atoms with E-state index in [2.05, 4.69) is 4.90 Å². The van der Waals surface area contributed by atoms with Gasteiger partial charge < -0.3 is 4.90 Å². The van der Waals surface area contributed by atoms with Gasteiger partial charge in [-0.15, -0.1) is 11.6 Å². The zero-order valence-corrected chi connectivity index (χ0v) is 12.7. The molecule has 0 atom stereocenters. The van der Waals surface area contributed by atoms with Crippen LogP contribution >= 0.6 is 34.8 Å². The van der Waals surface area contributed by atoms with Gasteiger partial charge in [-0.2, -0.15) is 0 Å².